The first-order chi connectivity index (χ1) is 7.78. The van der Waals surface area contributed by atoms with Crippen LogP contribution < -0.4 is 5.32 Å². The molecule has 0 radical (unpaired) electrons. The first-order valence-electron chi connectivity index (χ1n) is 6.18. The van der Waals surface area contributed by atoms with Gasteiger partial charge in [0.15, 0.2) is 0 Å². The fourth-order valence-electron chi connectivity index (χ4n) is 2.26. The van der Waals surface area contributed by atoms with E-state index in [-0.39, 0.29) is 0 Å². The summed E-state index contributed by atoms with van der Waals surface area (Å²) < 4.78 is 0. The van der Waals surface area contributed by atoms with Gasteiger partial charge < -0.3 is 10.2 Å². The summed E-state index contributed by atoms with van der Waals surface area (Å²) in [6, 6.07) is 2.78. The van der Waals surface area contributed by atoms with Gasteiger partial charge >= 0.3 is 0 Å². The molecular weight excluding hydrogens is 198 g/mol. The van der Waals surface area contributed by atoms with Gasteiger partial charge in [0.1, 0.15) is 0 Å². The van der Waals surface area contributed by atoms with Crippen molar-refractivity contribution in [3.63, 3.8) is 0 Å². The lowest BCUT2D eigenvalue weighted by Crippen LogP contribution is -2.38. The molecule has 1 saturated heterocycles. The predicted octanol–water partition coefficient (Wildman–Crippen LogP) is 2.29. The molecule has 1 N–H and O–H groups in total. The Balaban J connectivity index is 1.87. The second-order valence-corrected chi connectivity index (χ2v) is 4.60. The molecule has 0 amide bonds. The van der Waals surface area contributed by atoms with Gasteiger partial charge in [0.25, 0.3) is 0 Å². The topological polar surface area (TPSA) is 28.2 Å². The zero-order chi connectivity index (χ0) is 11.4. The van der Waals surface area contributed by atoms with Crippen molar-refractivity contribution in [2.75, 3.05) is 25.0 Å². The Hall–Kier alpha value is -1.09. The van der Waals surface area contributed by atoms with Crippen molar-refractivity contribution < 1.29 is 0 Å². The Bertz CT molecular complexity index is 330. The maximum atomic E-state index is 4.21. The lowest BCUT2D eigenvalue weighted by molar-refractivity contribution is 0.229. The standard InChI is InChI=1S/C13H21N3/c1-3-16-6-4-12(5-7-16)15-13-8-11(2)9-14-10-13/h8-10,12,15H,3-7H2,1-2H3. The van der Waals surface area contributed by atoms with Crippen molar-refractivity contribution in [2.45, 2.75) is 32.7 Å². The fraction of sp³-hybridized carbons (Fsp3) is 0.615. The number of nitrogens with one attached hydrogen (secondary N) is 1. The molecule has 3 nitrogen and oxygen atoms in total. The minimum absolute atomic E-state index is 0.617. The van der Waals surface area contributed by atoms with E-state index in [4.69, 9.17) is 0 Å². The number of piperidine rings is 1. The number of pyridine rings is 1. The summed E-state index contributed by atoms with van der Waals surface area (Å²) in [5.74, 6) is 0. The van der Waals surface area contributed by atoms with E-state index in [9.17, 15) is 0 Å². The number of hydrogen-bond donors (Lipinski definition) is 1. The highest BCUT2D eigenvalue weighted by molar-refractivity contribution is 5.43. The molecular formula is C13H21N3. The average molecular weight is 219 g/mol. The Kier molecular flexibility index (Phi) is 3.78. The number of hydrogen-bond acceptors (Lipinski definition) is 3. The van der Waals surface area contributed by atoms with Gasteiger partial charge in [0, 0.05) is 31.5 Å². The third-order valence-corrected chi connectivity index (χ3v) is 3.28. The zero-order valence-corrected chi connectivity index (χ0v) is 10.2. The van der Waals surface area contributed by atoms with E-state index < -0.39 is 0 Å². The largest absolute Gasteiger partial charge is 0.381 e. The van der Waals surface area contributed by atoms with Crippen LogP contribution in [0.3, 0.4) is 0 Å². The summed E-state index contributed by atoms with van der Waals surface area (Å²) in [6.45, 7) is 7.93. The van der Waals surface area contributed by atoms with E-state index >= 15 is 0 Å². The predicted molar refractivity (Wildman–Crippen MR) is 67.7 cm³/mol. The molecule has 0 saturated carbocycles. The van der Waals surface area contributed by atoms with Crippen LogP contribution in [0.1, 0.15) is 25.3 Å². The third kappa shape index (κ3) is 2.95. The van der Waals surface area contributed by atoms with Gasteiger partial charge in [0.05, 0.1) is 5.69 Å². The van der Waals surface area contributed by atoms with Gasteiger partial charge in [-0.2, -0.15) is 0 Å². The first kappa shape index (κ1) is 11.4. The Morgan fingerprint density at radius 3 is 2.75 bits per heavy atom. The van der Waals surface area contributed by atoms with Crippen LogP contribution in [-0.2, 0) is 0 Å². The van der Waals surface area contributed by atoms with Crippen molar-refractivity contribution in [3.05, 3.63) is 24.0 Å². The highest BCUT2D eigenvalue weighted by atomic mass is 15.1. The smallest absolute Gasteiger partial charge is 0.0531 e. The monoisotopic (exact) mass is 219 g/mol. The molecule has 1 aromatic heterocycles. The molecule has 0 atom stereocenters. The molecule has 0 bridgehead atoms. The average Bonchev–Trinajstić information content (AvgIpc) is 2.30. The molecule has 2 rings (SSSR count). The van der Waals surface area contributed by atoms with Crippen LogP contribution in [0.4, 0.5) is 5.69 Å². The van der Waals surface area contributed by atoms with E-state index in [1.54, 1.807) is 0 Å². The molecule has 2 heterocycles. The highest BCUT2D eigenvalue weighted by Gasteiger charge is 2.17. The minimum Gasteiger partial charge on any atom is -0.381 e. The second-order valence-electron chi connectivity index (χ2n) is 4.60. The lowest BCUT2D eigenvalue weighted by atomic mass is 10.0. The molecule has 0 aromatic carbocycles. The van der Waals surface area contributed by atoms with E-state index in [0.29, 0.717) is 6.04 Å². The summed E-state index contributed by atoms with van der Waals surface area (Å²) in [4.78, 5) is 6.71. The quantitative estimate of drug-likeness (QED) is 0.845. The highest BCUT2D eigenvalue weighted by Crippen LogP contribution is 2.16. The Labute approximate surface area is 97.9 Å². The normalized spacial score (nSPS) is 18.6. The van der Waals surface area contributed by atoms with E-state index in [1.807, 2.05) is 12.4 Å². The van der Waals surface area contributed by atoms with Crippen LogP contribution in [0.2, 0.25) is 0 Å². The summed E-state index contributed by atoms with van der Waals surface area (Å²) in [6.07, 6.45) is 6.29. The molecule has 1 aliphatic rings. The molecule has 0 unspecified atom stereocenters. The van der Waals surface area contributed by atoms with E-state index in [0.717, 1.165) is 5.69 Å². The molecule has 16 heavy (non-hydrogen) atoms. The molecule has 88 valence electrons. The van der Waals surface area contributed by atoms with Gasteiger partial charge in [0.2, 0.25) is 0 Å². The summed E-state index contributed by atoms with van der Waals surface area (Å²) in [5.41, 5.74) is 2.38. The maximum Gasteiger partial charge on any atom is 0.0531 e. The van der Waals surface area contributed by atoms with Crippen LogP contribution in [0, 0.1) is 6.92 Å². The molecule has 1 fully saturated rings. The van der Waals surface area contributed by atoms with Gasteiger partial charge in [-0.1, -0.05) is 6.92 Å². The van der Waals surface area contributed by atoms with Crippen molar-refractivity contribution in [2.24, 2.45) is 0 Å². The lowest BCUT2D eigenvalue weighted by Gasteiger charge is -2.31. The second kappa shape index (κ2) is 5.30. The van der Waals surface area contributed by atoms with Gasteiger partial charge in [-0.15, -0.1) is 0 Å². The maximum absolute atomic E-state index is 4.21. The SMILES string of the molecule is CCN1CCC(Nc2cncc(C)c2)CC1. The van der Waals surface area contributed by atoms with Crippen molar-refractivity contribution in [1.29, 1.82) is 0 Å². The van der Waals surface area contributed by atoms with Crippen molar-refractivity contribution >= 4 is 5.69 Å². The van der Waals surface area contributed by atoms with Crippen LogP contribution in [0.25, 0.3) is 0 Å². The summed E-state index contributed by atoms with van der Waals surface area (Å²) in [5, 5.41) is 3.58. The minimum atomic E-state index is 0.617. The van der Waals surface area contributed by atoms with Crippen LogP contribution in [0.5, 0.6) is 0 Å². The van der Waals surface area contributed by atoms with Gasteiger partial charge in [-0.25, -0.2) is 0 Å². The number of aromatic nitrogens is 1. The molecule has 1 aromatic rings. The molecule has 0 aliphatic carbocycles. The fourth-order valence-corrected chi connectivity index (χ4v) is 2.26. The molecule has 3 heteroatoms. The van der Waals surface area contributed by atoms with Crippen LogP contribution >= 0.6 is 0 Å². The third-order valence-electron chi connectivity index (χ3n) is 3.28. The Morgan fingerprint density at radius 1 is 1.38 bits per heavy atom. The number of likely N-dealkylation sites (tertiary alicyclic amines) is 1. The number of aryl methyl sites for hydroxylation is 1. The summed E-state index contributed by atoms with van der Waals surface area (Å²) >= 11 is 0. The molecule has 1 aliphatic heterocycles. The molecule has 0 spiro atoms. The first-order valence-corrected chi connectivity index (χ1v) is 6.18. The van der Waals surface area contributed by atoms with Crippen molar-refractivity contribution in [1.82, 2.24) is 9.88 Å². The van der Waals surface area contributed by atoms with Crippen LogP contribution in [0.15, 0.2) is 18.5 Å². The van der Waals surface area contributed by atoms with Gasteiger partial charge in [-0.3, -0.25) is 4.98 Å². The number of anilines is 1. The number of nitrogens with zero attached hydrogens (tertiary/aromatic N) is 2. The Morgan fingerprint density at radius 2 is 2.12 bits per heavy atom. The van der Waals surface area contributed by atoms with E-state index in [2.05, 4.69) is 35.1 Å². The summed E-state index contributed by atoms with van der Waals surface area (Å²) in [7, 11) is 0. The van der Waals surface area contributed by atoms with Crippen LogP contribution in [-0.4, -0.2) is 35.6 Å². The van der Waals surface area contributed by atoms with Gasteiger partial charge in [-0.05, 0) is 37.9 Å². The number of rotatable bonds is 3. The van der Waals surface area contributed by atoms with Crippen molar-refractivity contribution in [3.8, 4) is 0 Å². The van der Waals surface area contributed by atoms with E-state index in [1.165, 1.54) is 38.0 Å². The zero-order valence-electron chi connectivity index (χ0n) is 10.2.